The van der Waals surface area contributed by atoms with Gasteiger partial charge in [-0.15, -0.1) is 0 Å². The zero-order chi connectivity index (χ0) is 54.8. The van der Waals surface area contributed by atoms with Crippen molar-refractivity contribution in [1.29, 1.82) is 0 Å². The Balaban J connectivity index is 1.51. The van der Waals surface area contributed by atoms with Crippen molar-refractivity contribution in [1.82, 2.24) is 5.32 Å². The van der Waals surface area contributed by atoms with E-state index >= 15 is 0 Å². The number of hydrogen-bond donors (Lipinski definition) is 12. The number of unbranched alkanes of at least 4 members (excludes halogenated alkanes) is 25. The van der Waals surface area contributed by atoms with Crippen LogP contribution in [0.1, 0.15) is 206 Å². The molecule has 17 unspecified atom stereocenters. The summed E-state index contributed by atoms with van der Waals surface area (Å²) in [7, 11) is 0. The van der Waals surface area contributed by atoms with Crippen molar-refractivity contribution in [2.24, 2.45) is 0 Å². The normalized spacial score (nSPS) is 31.2. The third-order valence-electron chi connectivity index (χ3n) is 15.1. The second-order valence-electron chi connectivity index (χ2n) is 21.5. The number of carbonyl (C=O) groups is 1. The summed E-state index contributed by atoms with van der Waals surface area (Å²) in [5.74, 6) is -0.251. The molecule has 3 rings (SSSR count). The Hall–Kier alpha value is -1.47. The molecule has 0 aliphatic carbocycles. The second-order valence-corrected chi connectivity index (χ2v) is 21.5. The van der Waals surface area contributed by atoms with Crippen LogP contribution in [0.5, 0.6) is 0 Å². The van der Waals surface area contributed by atoms with Gasteiger partial charge in [-0.25, -0.2) is 0 Å². The van der Waals surface area contributed by atoms with Crippen LogP contribution in [0.2, 0.25) is 0 Å². The van der Waals surface area contributed by atoms with Gasteiger partial charge in [-0.2, -0.15) is 0 Å². The van der Waals surface area contributed by atoms with E-state index in [2.05, 4.69) is 31.3 Å². The van der Waals surface area contributed by atoms with Crippen LogP contribution in [0.3, 0.4) is 0 Å². The van der Waals surface area contributed by atoms with Crippen LogP contribution < -0.4 is 5.32 Å². The molecule has 3 saturated heterocycles. The lowest BCUT2D eigenvalue weighted by atomic mass is 9.96. The van der Waals surface area contributed by atoms with Gasteiger partial charge in [0.2, 0.25) is 5.91 Å². The minimum atomic E-state index is -1.97. The van der Waals surface area contributed by atoms with Crippen molar-refractivity contribution in [2.75, 3.05) is 26.4 Å². The average molecular weight is 1080 g/mol. The molecule has 0 aromatic heterocycles. The van der Waals surface area contributed by atoms with Crippen LogP contribution in [0.25, 0.3) is 0 Å². The maximum absolute atomic E-state index is 13.3. The number of amides is 1. The molecule has 17 atom stereocenters. The fourth-order valence-corrected chi connectivity index (χ4v) is 10.2. The summed E-state index contributed by atoms with van der Waals surface area (Å²) in [6.07, 6.45) is 11.5. The molecule has 12 N–H and O–H groups in total. The van der Waals surface area contributed by atoms with Crippen molar-refractivity contribution in [2.45, 2.75) is 311 Å². The van der Waals surface area contributed by atoms with E-state index in [1.807, 2.05) is 0 Å². The maximum Gasteiger partial charge on any atom is 0.220 e. The van der Waals surface area contributed by atoms with Gasteiger partial charge in [-0.3, -0.25) is 4.79 Å². The van der Waals surface area contributed by atoms with Gasteiger partial charge >= 0.3 is 0 Å². The van der Waals surface area contributed by atoms with Crippen molar-refractivity contribution >= 4 is 5.91 Å². The Bertz CT molecular complexity index is 1430. The number of ether oxygens (including phenoxy) is 6. The standard InChI is InChI=1S/C56H105NO18/c1-3-5-7-9-11-13-15-17-19-21-23-25-27-29-31-33-40(61)39(57-44(62)34-32-30-28-26-24-22-20-18-16-14-12-10-8-6-4-2)38-70-54-50(68)47(65)52(42(36-59)72-54)75-56-51(69)48(66)53(43(37-60)73-56)74-55-49(67)46(64)45(63)41(35-58)71-55/h18,20,39-43,45-56,58-61,63-69H,3-17,19,21-38H2,1-2H3,(H,57,62)/b20-18-. The number of aliphatic hydroxyl groups is 11. The van der Waals surface area contributed by atoms with E-state index in [-0.39, 0.29) is 18.9 Å². The Kier molecular flexibility index (Phi) is 36.8. The lowest BCUT2D eigenvalue weighted by molar-refractivity contribution is -0.379. The highest BCUT2D eigenvalue weighted by Gasteiger charge is 2.53. The fraction of sp³-hybridized carbons (Fsp3) is 0.946. The van der Waals surface area contributed by atoms with Gasteiger partial charge < -0.3 is 89.9 Å². The molecular formula is C56H105NO18. The second kappa shape index (κ2) is 40.7. The topological polar surface area (TPSA) is 307 Å². The molecule has 0 saturated carbocycles. The van der Waals surface area contributed by atoms with Gasteiger partial charge in [0.1, 0.15) is 73.2 Å². The molecule has 442 valence electrons. The molecule has 0 aromatic rings. The fourth-order valence-electron chi connectivity index (χ4n) is 10.2. The number of rotatable bonds is 43. The molecule has 1 amide bonds. The number of aliphatic hydroxyl groups excluding tert-OH is 11. The first-order valence-corrected chi connectivity index (χ1v) is 29.4. The Morgan fingerprint density at radius 3 is 1.29 bits per heavy atom. The van der Waals surface area contributed by atoms with Crippen molar-refractivity contribution in [3.63, 3.8) is 0 Å². The van der Waals surface area contributed by atoms with E-state index in [9.17, 15) is 61.0 Å². The molecule has 3 heterocycles. The first-order valence-electron chi connectivity index (χ1n) is 29.4. The minimum absolute atomic E-state index is 0.251. The van der Waals surface area contributed by atoms with Crippen LogP contribution in [0.4, 0.5) is 0 Å². The maximum atomic E-state index is 13.3. The quantitative estimate of drug-likeness (QED) is 0.0293. The van der Waals surface area contributed by atoms with Crippen molar-refractivity contribution in [3.8, 4) is 0 Å². The van der Waals surface area contributed by atoms with Gasteiger partial charge in [0.25, 0.3) is 0 Å². The largest absolute Gasteiger partial charge is 0.394 e. The van der Waals surface area contributed by atoms with Gasteiger partial charge in [0.05, 0.1) is 38.6 Å². The zero-order valence-electron chi connectivity index (χ0n) is 45.8. The summed E-state index contributed by atoms with van der Waals surface area (Å²) < 4.78 is 34.3. The smallest absolute Gasteiger partial charge is 0.220 e. The van der Waals surface area contributed by atoms with Gasteiger partial charge in [0, 0.05) is 6.42 Å². The van der Waals surface area contributed by atoms with Crippen molar-refractivity contribution in [3.05, 3.63) is 12.2 Å². The Morgan fingerprint density at radius 2 is 0.840 bits per heavy atom. The predicted octanol–water partition coefficient (Wildman–Crippen LogP) is 4.60. The highest BCUT2D eigenvalue weighted by Crippen LogP contribution is 2.33. The summed E-state index contributed by atoms with van der Waals surface area (Å²) in [5.41, 5.74) is 0. The first-order chi connectivity index (χ1) is 36.3. The SMILES string of the molecule is CCCCCCCC/C=C\CCCCCCCC(=O)NC(COC1OC(CO)C(OC2OC(CO)C(OC3OC(CO)C(O)C(O)C3O)C(O)C2O)C(O)C1O)C(O)CCCCCCCCCCCCCCCCC. The molecule has 3 aliphatic rings. The first kappa shape index (κ1) is 67.8. The van der Waals surface area contributed by atoms with Crippen LogP contribution in [-0.2, 0) is 33.2 Å². The number of carbonyl (C=O) groups excluding carboxylic acids is 1. The summed E-state index contributed by atoms with van der Waals surface area (Å²) in [4.78, 5) is 13.3. The highest BCUT2D eigenvalue weighted by molar-refractivity contribution is 5.76. The molecular weight excluding hydrogens is 975 g/mol. The third kappa shape index (κ3) is 25.3. The molecule has 0 aromatic carbocycles. The van der Waals surface area contributed by atoms with Crippen LogP contribution in [0, 0.1) is 0 Å². The molecule has 3 fully saturated rings. The molecule has 19 nitrogen and oxygen atoms in total. The minimum Gasteiger partial charge on any atom is -0.394 e. The molecule has 0 radical (unpaired) electrons. The average Bonchev–Trinajstić information content (AvgIpc) is 3.41. The van der Waals surface area contributed by atoms with Gasteiger partial charge in [-0.05, 0) is 38.5 Å². The van der Waals surface area contributed by atoms with E-state index in [0.29, 0.717) is 12.8 Å². The summed E-state index contributed by atoms with van der Waals surface area (Å²) in [6.45, 7) is 1.77. The molecule has 19 heteroatoms. The van der Waals surface area contributed by atoms with Crippen molar-refractivity contribution < 1.29 is 89.4 Å². The summed E-state index contributed by atoms with van der Waals surface area (Å²) in [6, 6.07) is -0.886. The number of hydrogen-bond acceptors (Lipinski definition) is 18. The summed E-state index contributed by atoms with van der Waals surface area (Å²) in [5, 5.41) is 120. The summed E-state index contributed by atoms with van der Waals surface area (Å²) >= 11 is 0. The van der Waals surface area contributed by atoms with Gasteiger partial charge in [0.15, 0.2) is 18.9 Å². The Morgan fingerprint density at radius 1 is 0.467 bits per heavy atom. The number of allylic oxidation sites excluding steroid dienone is 2. The molecule has 0 spiro atoms. The highest BCUT2D eigenvalue weighted by atomic mass is 16.8. The van der Waals surface area contributed by atoms with Gasteiger partial charge in [-0.1, -0.05) is 174 Å². The number of nitrogens with one attached hydrogen (secondary N) is 1. The third-order valence-corrected chi connectivity index (χ3v) is 15.1. The molecule has 3 aliphatic heterocycles. The van der Waals surface area contributed by atoms with Crippen LogP contribution in [-0.4, -0.2) is 193 Å². The van der Waals surface area contributed by atoms with E-state index in [4.69, 9.17) is 28.4 Å². The zero-order valence-corrected chi connectivity index (χ0v) is 45.8. The van der Waals surface area contributed by atoms with E-state index in [0.717, 1.165) is 64.2 Å². The lowest BCUT2D eigenvalue weighted by Crippen LogP contribution is -2.66. The van der Waals surface area contributed by atoms with E-state index < -0.39 is 124 Å². The monoisotopic (exact) mass is 1080 g/mol. The van der Waals surface area contributed by atoms with Crippen LogP contribution in [0.15, 0.2) is 12.2 Å². The molecule has 0 bridgehead atoms. The predicted molar refractivity (Wildman–Crippen MR) is 282 cm³/mol. The van der Waals surface area contributed by atoms with E-state index in [1.165, 1.54) is 109 Å². The lowest BCUT2D eigenvalue weighted by Gasteiger charge is -2.48. The van der Waals surface area contributed by atoms with E-state index in [1.54, 1.807) is 0 Å². The van der Waals surface area contributed by atoms with Crippen LogP contribution >= 0.6 is 0 Å². The molecule has 75 heavy (non-hydrogen) atoms. The Labute approximate surface area is 448 Å².